The Hall–Kier alpha value is -1.65. The molecule has 0 bridgehead atoms. The number of hydrogen-bond donors (Lipinski definition) is 1. The second kappa shape index (κ2) is 4.31. The fourth-order valence-corrected chi connectivity index (χ4v) is 2.66. The summed E-state index contributed by atoms with van der Waals surface area (Å²) in [4.78, 5) is 3.23. The third-order valence-corrected chi connectivity index (χ3v) is 3.57. The molecular formula is C13H10N2S2. The van der Waals surface area contributed by atoms with Crippen LogP contribution in [0.3, 0.4) is 0 Å². The van der Waals surface area contributed by atoms with Crippen LogP contribution >= 0.6 is 23.6 Å². The van der Waals surface area contributed by atoms with Gasteiger partial charge in [0.1, 0.15) is 0 Å². The molecule has 84 valence electrons. The Morgan fingerprint density at radius 1 is 1.12 bits per heavy atom. The van der Waals surface area contributed by atoms with E-state index < -0.39 is 0 Å². The summed E-state index contributed by atoms with van der Waals surface area (Å²) in [5.74, 6) is 0. The normalized spacial score (nSPS) is 10.6. The number of imidazole rings is 1. The minimum Gasteiger partial charge on any atom is -0.330 e. The summed E-state index contributed by atoms with van der Waals surface area (Å²) >= 11 is 7.02. The molecule has 3 aromatic rings. The van der Waals surface area contributed by atoms with E-state index in [2.05, 4.69) is 21.8 Å². The van der Waals surface area contributed by atoms with E-state index in [0.29, 0.717) is 0 Å². The van der Waals surface area contributed by atoms with Crippen molar-refractivity contribution >= 4 is 23.6 Å². The quantitative estimate of drug-likeness (QED) is 0.681. The van der Waals surface area contributed by atoms with Gasteiger partial charge in [-0.2, -0.15) is 11.3 Å². The Morgan fingerprint density at radius 3 is 2.65 bits per heavy atom. The van der Waals surface area contributed by atoms with Crippen LogP contribution in [0.2, 0.25) is 0 Å². The van der Waals surface area contributed by atoms with Gasteiger partial charge in [-0.15, -0.1) is 0 Å². The van der Waals surface area contributed by atoms with Crippen LogP contribution in [0.25, 0.3) is 16.9 Å². The number of thiophene rings is 1. The average molecular weight is 258 g/mol. The average Bonchev–Trinajstić information content (AvgIpc) is 2.99. The largest absolute Gasteiger partial charge is 0.330 e. The summed E-state index contributed by atoms with van der Waals surface area (Å²) in [6.07, 6.45) is 2.04. The van der Waals surface area contributed by atoms with E-state index in [9.17, 15) is 0 Å². The maximum Gasteiger partial charge on any atom is 0.182 e. The number of hydrogen-bond acceptors (Lipinski definition) is 2. The fourth-order valence-electron chi connectivity index (χ4n) is 1.74. The number of nitrogens with one attached hydrogen (secondary N) is 1. The zero-order chi connectivity index (χ0) is 11.7. The zero-order valence-corrected chi connectivity index (χ0v) is 10.6. The molecule has 1 aromatic carbocycles. The van der Waals surface area contributed by atoms with E-state index >= 15 is 0 Å². The number of nitrogens with zero attached hydrogens (tertiary/aromatic N) is 1. The van der Waals surface area contributed by atoms with Crippen molar-refractivity contribution in [1.82, 2.24) is 9.55 Å². The Bertz CT molecular complexity index is 663. The maximum atomic E-state index is 5.34. The number of aromatic amines is 1. The number of rotatable bonds is 2. The van der Waals surface area contributed by atoms with E-state index in [1.165, 1.54) is 5.56 Å². The van der Waals surface area contributed by atoms with Gasteiger partial charge in [0.2, 0.25) is 0 Å². The third kappa shape index (κ3) is 1.97. The molecular weight excluding hydrogens is 248 g/mol. The number of benzene rings is 1. The first kappa shape index (κ1) is 10.5. The first-order valence-electron chi connectivity index (χ1n) is 5.24. The predicted octanol–water partition coefficient (Wildman–Crippen LogP) is 4.26. The molecule has 0 aliphatic heterocycles. The topological polar surface area (TPSA) is 20.7 Å². The Morgan fingerprint density at radius 2 is 1.94 bits per heavy atom. The van der Waals surface area contributed by atoms with Gasteiger partial charge >= 0.3 is 0 Å². The van der Waals surface area contributed by atoms with Crippen molar-refractivity contribution in [3.05, 3.63) is 58.1 Å². The monoisotopic (exact) mass is 258 g/mol. The third-order valence-electron chi connectivity index (χ3n) is 2.59. The molecule has 0 saturated carbocycles. The molecule has 0 aliphatic carbocycles. The Labute approximate surface area is 108 Å². The lowest BCUT2D eigenvalue weighted by Gasteiger charge is -1.99. The molecule has 0 aliphatic rings. The van der Waals surface area contributed by atoms with Gasteiger partial charge in [0, 0.05) is 22.8 Å². The SMILES string of the molecule is S=c1[nH]c(-c2ccsc2)cn1-c1ccccc1. The molecule has 0 radical (unpaired) electrons. The van der Waals surface area contributed by atoms with Crippen LogP contribution in [-0.4, -0.2) is 9.55 Å². The standard InChI is InChI=1S/C13H10N2S2/c16-13-14-12(10-6-7-17-9-10)8-15(13)11-4-2-1-3-5-11/h1-9H,(H,14,16). The van der Waals surface area contributed by atoms with Crippen LogP contribution in [0.4, 0.5) is 0 Å². The Balaban J connectivity index is 2.12. The van der Waals surface area contributed by atoms with Crippen LogP contribution in [-0.2, 0) is 0 Å². The molecule has 2 heterocycles. The van der Waals surface area contributed by atoms with Crippen molar-refractivity contribution in [2.24, 2.45) is 0 Å². The molecule has 0 amide bonds. The zero-order valence-electron chi connectivity index (χ0n) is 8.96. The van der Waals surface area contributed by atoms with E-state index in [1.54, 1.807) is 11.3 Å². The van der Waals surface area contributed by atoms with Crippen LogP contribution in [0.5, 0.6) is 0 Å². The van der Waals surface area contributed by atoms with Gasteiger partial charge in [0.15, 0.2) is 4.77 Å². The number of para-hydroxylation sites is 1. The van der Waals surface area contributed by atoms with Crippen molar-refractivity contribution in [1.29, 1.82) is 0 Å². The van der Waals surface area contributed by atoms with Gasteiger partial charge in [0.05, 0.1) is 5.69 Å². The molecule has 17 heavy (non-hydrogen) atoms. The lowest BCUT2D eigenvalue weighted by Crippen LogP contribution is -1.90. The minimum atomic E-state index is 0.720. The highest BCUT2D eigenvalue weighted by molar-refractivity contribution is 7.71. The molecule has 3 rings (SSSR count). The van der Waals surface area contributed by atoms with Crippen molar-refractivity contribution in [2.45, 2.75) is 0 Å². The van der Waals surface area contributed by atoms with Crippen LogP contribution < -0.4 is 0 Å². The highest BCUT2D eigenvalue weighted by atomic mass is 32.1. The summed E-state index contributed by atoms with van der Waals surface area (Å²) in [5.41, 5.74) is 3.31. The summed E-state index contributed by atoms with van der Waals surface area (Å²) in [6.45, 7) is 0. The minimum absolute atomic E-state index is 0.720. The molecule has 0 spiro atoms. The summed E-state index contributed by atoms with van der Waals surface area (Å²) in [6, 6.07) is 12.2. The number of aromatic nitrogens is 2. The summed E-state index contributed by atoms with van der Waals surface area (Å²) in [7, 11) is 0. The maximum absolute atomic E-state index is 5.34. The molecule has 2 aromatic heterocycles. The van der Waals surface area contributed by atoms with E-state index in [-0.39, 0.29) is 0 Å². The molecule has 2 nitrogen and oxygen atoms in total. The molecule has 1 N–H and O–H groups in total. The highest BCUT2D eigenvalue weighted by Gasteiger charge is 2.04. The second-order valence-corrected chi connectivity index (χ2v) is 4.86. The molecule has 4 heteroatoms. The van der Waals surface area contributed by atoms with Gasteiger partial charge < -0.3 is 4.98 Å². The smallest absolute Gasteiger partial charge is 0.182 e. The van der Waals surface area contributed by atoms with Crippen molar-refractivity contribution in [3.8, 4) is 16.9 Å². The van der Waals surface area contributed by atoms with Gasteiger partial charge in [0.25, 0.3) is 0 Å². The first-order valence-corrected chi connectivity index (χ1v) is 6.59. The van der Waals surface area contributed by atoms with Crippen LogP contribution in [0.1, 0.15) is 0 Å². The molecule has 0 fully saturated rings. The lowest BCUT2D eigenvalue weighted by atomic mass is 10.3. The first-order chi connectivity index (χ1) is 8.34. The van der Waals surface area contributed by atoms with E-state index in [4.69, 9.17) is 12.2 Å². The molecule has 0 unspecified atom stereocenters. The molecule has 0 saturated heterocycles. The number of H-pyrrole nitrogens is 1. The molecule has 0 atom stereocenters. The van der Waals surface area contributed by atoms with Crippen molar-refractivity contribution in [2.75, 3.05) is 0 Å². The van der Waals surface area contributed by atoms with Gasteiger partial charge in [-0.1, -0.05) is 18.2 Å². The van der Waals surface area contributed by atoms with Crippen LogP contribution in [0.15, 0.2) is 53.4 Å². The van der Waals surface area contributed by atoms with Crippen LogP contribution in [0, 0.1) is 4.77 Å². The summed E-state index contributed by atoms with van der Waals surface area (Å²) in [5, 5.41) is 4.17. The summed E-state index contributed by atoms with van der Waals surface area (Å²) < 4.78 is 2.71. The highest BCUT2D eigenvalue weighted by Crippen LogP contribution is 2.22. The second-order valence-electron chi connectivity index (χ2n) is 3.69. The lowest BCUT2D eigenvalue weighted by molar-refractivity contribution is 1.03. The van der Waals surface area contributed by atoms with Gasteiger partial charge in [-0.25, -0.2) is 0 Å². The van der Waals surface area contributed by atoms with Gasteiger partial charge in [-0.05, 0) is 35.8 Å². The van der Waals surface area contributed by atoms with E-state index in [0.717, 1.165) is 16.2 Å². The van der Waals surface area contributed by atoms with E-state index in [1.807, 2.05) is 41.1 Å². The Kier molecular flexibility index (Phi) is 2.66. The van der Waals surface area contributed by atoms with Crippen molar-refractivity contribution in [3.63, 3.8) is 0 Å². The van der Waals surface area contributed by atoms with Gasteiger partial charge in [-0.3, -0.25) is 4.57 Å². The predicted molar refractivity (Wildman–Crippen MR) is 74.3 cm³/mol. The van der Waals surface area contributed by atoms with Crippen molar-refractivity contribution < 1.29 is 0 Å². The fraction of sp³-hybridized carbons (Fsp3) is 0.